The fourth-order valence-corrected chi connectivity index (χ4v) is 2.64. The van der Waals surface area contributed by atoms with Crippen molar-refractivity contribution < 1.29 is 17.9 Å². The van der Waals surface area contributed by atoms with E-state index in [9.17, 15) is 13.2 Å². The van der Waals surface area contributed by atoms with Gasteiger partial charge in [-0.2, -0.15) is 0 Å². The topological polar surface area (TPSA) is 38.5 Å². The molecule has 1 aliphatic rings. The lowest BCUT2D eigenvalue weighted by Gasteiger charge is -2.27. The highest BCUT2D eigenvalue weighted by Crippen LogP contribution is 2.29. The van der Waals surface area contributed by atoms with Gasteiger partial charge in [-0.05, 0) is 36.6 Å². The largest absolute Gasteiger partial charge is 0.573 e. The van der Waals surface area contributed by atoms with Crippen LogP contribution in [-0.2, 0) is 0 Å². The summed E-state index contributed by atoms with van der Waals surface area (Å²) in [6.07, 6.45) is -3.52. The molecule has 0 spiro atoms. The molecule has 20 heavy (non-hydrogen) atoms. The summed E-state index contributed by atoms with van der Waals surface area (Å²) in [6.45, 7) is 4.59. The molecule has 0 aromatic heterocycles. The van der Waals surface area contributed by atoms with E-state index in [2.05, 4.69) is 16.6 Å². The second kappa shape index (κ2) is 6.01. The van der Waals surface area contributed by atoms with Crippen LogP contribution in [0.15, 0.2) is 24.3 Å². The third-order valence-electron chi connectivity index (χ3n) is 3.62. The molecule has 1 saturated heterocycles. The molecule has 1 aliphatic heterocycles. The molecule has 2 N–H and O–H groups in total. The number of alkyl halides is 3. The smallest absolute Gasteiger partial charge is 0.406 e. The first kappa shape index (κ1) is 15.1. The summed E-state index contributed by atoms with van der Waals surface area (Å²) in [5.41, 5.74) is 6.74. The third-order valence-corrected chi connectivity index (χ3v) is 3.62. The summed E-state index contributed by atoms with van der Waals surface area (Å²) in [5.74, 6) is 0.434. The van der Waals surface area contributed by atoms with Crippen LogP contribution >= 0.6 is 0 Å². The van der Waals surface area contributed by atoms with Crippen molar-refractivity contribution in [3.8, 4) is 5.75 Å². The van der Waals surface area contributed by atoms with E-state index in [0.29, 0.717) is 12.5 Å². The Bertz CT molecular complexity index is 433. The fourth-order valence-electron chi connectivity index (χ4n) is 2.64. The van der Waals surface area contributed by atoms with Gasteiger partial charge < -0.3 is 10.5 Å². The lowest BCUT2D eigenvalue weighted by molar-refractivity contribution is -0.274. The van der Waals surface area contributed by atoms with Gasteiger partial charge >= 0.3 is 6.36 Å². The van der Waals surface area contributed by atoms with Crippen LogP contribution in [0, 0.1) is 5.92 Å². The van der Waals surface area contributed by atoms with Crippen molar-refractivity contribution in [1.29, 1.82) is 0 Å². The number of ether oxygens (including phenoxy) is 1. The maximum absolute atomic E-state index is 12.1. The zero-order chi connectivity index (χ0) is 14.8. The second-order valence-corrected chi connectivity index (χ2v) is 5.26. The van der Waals surface area contributed by atoms with Crippen molar-refractivity contribution in [2.45, 2.75) is 25.7 Å². The minimum Gasteiger partial charge on any atom is -0.406 e. The highest BCUT2D eigenvalue weighted by molar-refractivity contribution is 5.29. The van der Waals surface area contributed by atoms with Gasteiger partial charge in [0.25, 0.3) is 0 Å². The Morgan fingerprint density at radius 2 is 2.00 bits per heavy atom. The van der Waals surface area contributed by atoms with E-state index >= 15 is 0 Å². The van der Waals surface area contributed by atoms with E-state index < -0.39 is 6.36 Å². The average Bonchev–Trinajstić information content (AvgIpc) is 2.77. The van der Waals surface area contributed by atoms with Crippen LogP contribution in [0.2, 0.25) is 0 Å². The first-order chi connectivity index (χ1) is 9.39. The van der Waals surface area contributed by atoms with Crippen molar-refractivity contribution in [3.63, 3.8) is 0 Å². The Kier molecular flexibility index (Phi) is 4.55. The number of nitrogens with zero attached hydrogens (tertiary/aromatic N) is 1. The molecule has 0 saturated carbocycles. The average molecular weight is 288 g/mol. The Labute approximate surface area is 116 Å². The predicted octanol–water partition coefficient (Wildman–Crippen LogP) is 2.93. The molecule has 1 heterocycles. The minimum absolute atomic E-state index is 0.0555. The Morgan fingerprint density at radius 1 is 1.35 bits per heavy atom. The Balaban J connectivity index is 2.07. The number of nitrogens with two attached hydrogens (primary N) is 1. The maximum atomic E-state index is 12.1. The zero-order valence-corrected chi connectivity index (χ0v) is 11.4. The van der Waals surface area contributed by atoms with Crippen LogP contribution in [0.5, 0.6) is 5.75 Å². The number of hydrogen-bond acceptors (Lipinski definition) is 3. The van der Waals surface area contributed by atoms with Gasteiger partial charge in [-0.3, -0.25) is 4.90 Å². The molecule has 0 amide bonds. The maximum Gasteiger partial charge on any atom is 0.573 e. The molecule has 0 radical (unpaired) electrons. The summed E-state index contributed by atoms with van der Waals surface area (Å²) < 4.78 is 40.2. The molecule has 1 fully saturated rings. The van der Waals surface area contributed by atoms with Crippen LogP contribution < -0.4 is 10.5 Å². The SMILES string of the molecule is CC1CCN(C(CN)c2ccc(OC(F)(F)F)cc2)C1. The van der Waals surface area contributed by atoms with E-state index in [1.807, 2.05) is 0 Å². The monoisotopic (exact) mass is 288 g/mol. The molecular formula is C14H19F3N2O. The van der Waals surface area contributed by atoms with Crippen LogP contribution in [0.25, 0.3) is 0 Å². The summed E-state index contributed by atoms with van der Waals surface area (Å²) in [4.78, 5) is 2.28. The van der Waals surface area contributed by atoms with Crippen molar-refractivity contribution >= 4 is 0 Å². The number of benzene rings is 1. The summed E-state index contributed by atoms with van der Waals surface area (Å²) in [7, 11) is 0. The first-order valence-corrected chi connectivity index (χ1v) is 6.69. The summed E-state index contributed by atoms with van der Waals surface area (Å²) in [5, 5.41) is 0. The minimum atomic E-state index is -4.65. The molecule has 0 bridgehead atoms. The molecule has 1 aromatic carbocycles. The number of halogens is 3. The Morgan fingerprint density at radius 3 is 2.45 bits per heavy atom. The van der Waals surface area contributed by atoms with Gasteiger partial charge in [-0.15, -0.1) is 13.2 Å². The van der Waals surface area contributed by atoms with Gasteiger partial charge in [-0.25, -0.2) is 0 Å². The lowest BCUT2D eigenvalue weighted by atomic mass is 10.1. The highest BCUT2D eigenvalue weighted by Gasteiger charge is 2.31. The molecule has 112 valence electrons. The van der Waals surface area contributed by atoms with E-state index in [1.165, 1.54) is 12.1 Å². The van der Waals surface area contributed by atoms with Crippen molar-refractivity contribution in [3.05, 3.63) is 29.8 Å². The molecule has 2 unspecified atom stereocenters. The van der Waals surface area contributed by atoms with E-state index in [1.54, 1.807) is 12.1 Å². The first-order valence-electron chi connectivity index (χ1n) is 6.69. The van der Waals surface area contributed by atoms with Crippen molar-refractivity contribution in [2.24, 2.45) is 11.7 Å². The molecule has 2 rings (SSSR count). The summed E-state index contributed by atoms with van der Waals surface area (Å²) in [6, 6.07) is 6.04. The van der Waals surface area contributed by atoms with Gasteiger partial charge in [0.05, 0.1) is 0 Å². The van der Waals surface area contributed by atoms with Crippen LogP contribution in [0.1, 0.15) is 24.9 Å². The van der Waals surface area contributed by atoms with E-state index in [0.717, 1.165) is 25.1 Å². The molecule has 3 nitrogen and oxygen atoms in total. The quantitative estimate of drug-likeness (QED) is 0.926. The van der Waals surface area contributed by atoms with Gasteiger partial charge in [0.1, 0.15) is 5.75 Å². The van der Waals surface area contributed by atoms with Crippen molar-refractivity contribution in [1.82, 2.24) is 4.90 Å². The lowest BCUT2D eigenvalue weighted by Crippen LogP contribution is -2.31. The van der Waals surface area contributed by atoms with E-state index in [-0.39, 0.29) is 11.8 Å². The van der Waals surface area contributed by atoms with Crippen LogP contribution in [-0.4, -0.2) is 30.9 Å². The fraction of sp³-hybridized carbons (Fsp3) is 0.571. The number of rotatable bonds is 4. The zero-order valence-electron chi connectivity index (χ0n) is 11.4. The third kappa shape index (κ3) is 3.86. The van der Waals surface area contributed by atoms with Gasteiger partial charge in [0, 0.05) is 19.1 Å². The number of hydrogen-bond donors (Lipinski definition) is 1. The van der Waals surface area contributed by atoms with Crippen LogP contribution in [0.4, 0.5) is 13.2 Å². The summed E-state index contributed by atoms with van der Waals surface area (Å²) >= 11 is 0. The van der Waals surface area contributed by atoms with E-state index in [4.69, 9.17) is 5.73 Å². The molecule has 6 heteroatoms. The molecule has 2 atom stereocenters. The number of likely N-dealkylation sites (tertiary alicyclic amines) is 1. The van der Waals surface area contributed by atoms with Gasteiger partial charge in [0.2, 0.25) is 0 Å². The molecule has 1 aromatic rings. The molecule has 0 aliphatic carbocycles. The highest BCUT2D eigenvalue weighted by atomic mass is 19.4. The normalized spacial score (nSPS) is 21.9. The van der Waals surface area contributed by atoms with Gasteiger partial charge in [0.15, 0.2) is 0 Å². The van der Waals surface area contributed by atoms with Crippen LogP contribution in [0.3, 0.4) is 0 Å². The van der Waals surface area contributed by atoms with Crippen molar-refractivity contribution in [2.75, 3.05) is 19.6 Å². The molecular weight excluding hydrogens is 269 g/mol. The Hall–Kier alpha value is -1.27. The van der Waals surface area contributed by atoms with Gasteiger partial charge in [-0.1, -0.05) is 19.1 Å². The second-order valence-electron chi connectivity index (χ2n) is 5.26. The predicted molar refractivity (Wildman–Crippen MR) is 70.3 cm³/mol. The standard InChI is InChI=1S/C14H19F3N2O/c1-10-6-7-19(9-10)13(8-18)11-2-4-12(5-3-11)20-14(15,16)17/h2-5,10,13H,6-9,18H2,1H3.